The zero-order chi connectivity index (χ0) is 22.1. The van der Waals surface area contributed by atoms with Crippen molar-refractivity contribution in [1.82, 2.24) is 9.03 Å². The van der Waals surface area contributed by atoms with Crippen LogP contribution in [-0.4, -0.2) is 41.0 Å². The predicted octanol–water partition coefficient (Wildman–Crippen LogP) is 2.94. The molecule has 1 aromatic carbocycles. The van der Waals surface area contributed by atoms with Crippen LogP contribution in [0.3, 0.4) is 0 Å². The maximum Gasteiger partial charge on any atom is 0.243 e. The van der Waals surface area contributed by atoms with Crippen molar-refractivity contribution in [3.63, 3.8) is 0 Å². The van der Waals surface area contributed by atoms with Crippen LogP contribution in [0.25, 0.3) is 0 Å². The Hall–Kier alpha value is -1.73. The molecular formula is C18H22FN3O5S3. The second-order valence-corrected chi connectivity index (χ2v) is 11.9. The molecular weight excluding hydrogens is 453 g/mol. The van der Waals surface area contributed by atoms with Gasteiger partial charge in [-0.2, -0.15) is 9.21 Å². The largest absolute Gasteiger partial charge is 0.243 e. The van der Waals surface area contributed by atoms with E-state index in [1.807, 2.05) is 0 Å². The number of nitroso groups, excluding NO2 is 1. The number of nitrogens with one attached hydrogen (secondary N) is 1. The summed E-state index contributed by atoms with van der Waals surface area (Å²) in [5.41, 5.74) is 1.04. The Kier molecular flexibility index (Phi) is 6.72. The highest BCUT2D eigenvalue weighted by molar-refractivity contribution is 7.89. The zero-order valence-electron chi connectivity index (χ0n) is 16.4. The van der Waals surface area contributed by atoms with Crippen LogP contribution in [-0.2, 0) is 26.5 Å². The molecule has 12 heteroatoms. The van der Waals surface area contributed by atoms with Gasteiger partial charge in [0.05, 0.1) is 17.2 Å². The lowest BCUT2D eigenvalue weighted by Crippen LogP contribution is -2.38. The Morgan fingerprint density at radius 1 is 1.27 bits per heavy atom. The van der Waals surface area contributed by atoms with Gasteiger partial charge in [-0.1, -0.05) is 17.3 Å². The van der Waals surface area contributed by atoms with Gasteiger partial charge in [-0.15, -0.1) is 11.3 Å². The second-order valence-electron chi connectivity index (χ2n) is 7.24. The van der Waals surface area contributed by atoms with Gasteiger partial charge in [0.1, 0.15) is 11.9 Å². The van der Waals surface area contributed by atoms with Crippen LogP contribution in [0.15, 0.2) is 39.7 Å². The highest BCUT2D eigenvalue weighted by atomic mass is 32.2. The number of rotatable bonds is 8. The molecule has 164 valence electrons. The van der Waals surface area contributed by atoms with Gasteiger partial charge in [0, 0.05) is 23.8 Å². The lowest BCUT2D eigenvalue weighted by Gasteiger charge is -2.25. The van der Waals surface area contributed by atoms with E-state index in [4.69, 9.17) is 0 Å². The number of sulfonamides is 2. The van der Waals surface area contributed by atoms with Crippen molar-refractivity contribution in [2.45, 2.75) is 36.2 Å². The monoisotopic (exact) mass is 475 g/mol. The molecule has 3 rings (SSSR count). The third-order valence-corrected chi connectivity index (χ3v) is 8.86. The average Bonchev–Trinajstić information content (AvgIpc) is 3.12. The van der Waals surface area contributed by atoms with E-state index in [1.54, 1.807) is 0 Å². The molecule has 1 aliphatic carbocycles. The molecule has 0 radical (unpaired) electrons. The zero-order valence-corrected chi connectivity index (χ0v) is 18.9. The number of halogens is 1. The van der Waals surface area contributed by atoms with Crippen LogP contribution in [0.4, 0.5) is 4.39 Å². The maximum atomic E-state index is 13.3. The van der Waals surface area contributed by atoms with Crippen LogP contribution in [0, 0.1) is 10.7 Å². The van der Waals surface area contributed by atoms with Crippen molar-refractivity contribution < 1.29 is 21.2 Å². The minimum absolute atomic E-state index is 0.121. The lowest BCUT2D eigenvalue weighted by atomic mass is 9.96. The Labute approximate surface area is 179 Å². The van der Waals surface area contributed by atoms with Crippen LogP contribution in [0.5, 0.6) is 0 Å². The van der Waals surface area contributed by atoms with Gasteiger partial charge in [0.25, 0.3) is 0 Å². The maximum absolute atomic E-state index is 13.3. The molecule has 1 N–H and O–H groups in total. The quantitative estimate of drug-likeness (QED) is 0.590. The smallest absolute Gasteiger partial charge is 0.213 e. The number of likely N-dealkylation sites (N-methyl/N-ethyl adjacent to an activating group) is 1. The Morgan fingerprint density at radius 3 is 2.53 bits per heavy atom. The van der Waals surface area contributed by atoms with E-state index in [0.717, 1.165) is 10.6 Å². The molecule has 2 atom stereocenters. The summed E-state index contributed by atoms with van der Waals surface area (Å²) < 4.78 is 66.8. The highest BCUT2D eigenvalue weighted by Gasteiger charge is 2.33. The number of hydrogen-bond donors (Lipinski definition) is 1. The van der Waals surface area contributed by atoms with Crippen LogP contribution >= 0.6 is 11.3 Å². The molecule has 0 saturated carbocycles. The Balaban J connectivity index is 1.91. The fraction of sp³-hybridized carbons (Fsp3) is 0.444. The van der Waals surface area contributed by atoms with Gasteiger partial charge in [-0.3, -0.25) is 0 Å². The number of benzene rings is 1. The summed E-state index contributed by atoms with van der Waals surface area (Å²) >= 11 is 1.20. The first-order chi connectivity index (χ1) is 14.0. The third kappa shape index (κ3) is 4.94. The van der Waals surface area contributed by atoms with Crippen LogP contribution in [0.2, 0.25) is 0 Å². The first-order valence-electron chi connectivity index (χ1n) is 9.14. The van der Waals surface area contributed by atoms with Crippen molar-refractivity contribution in [1.29, 1.82) is 0 Å². The van der Waals surface area contributed by atoms with Gasteiger partial charge in [0.2, 0.25) is 20.0 Å². The van der Waals surface area contributed by atoms with E-state index in [2.05, 4.69) is 9.90 Å². The van der Waals surface area contributed by atoms with E-state index in [9.17, 15) is 26.1 Å². The normalized spacial score (nSPS) is 18.2. The fourth-order valence-electron chi connectivity index (χ4n) is 3.51. The molecule has 2 unspecified atom stereocenters. The molecule has 2 aromatic rings. The fourth-order valence-corrected chi connectivity index (χ4v) is 7.19. The summed E-state index contributed by atoms with van der Waals surface area (Å²) in [6, 6.07) is 3.74. The van der Waals surface area contributed by atoms with Gasteiger partial charge < -0.3 is 0 Å². The van der Waals surface area contributed by atoms with Crippen molar-refractivity contribution in [2.75, 3.05) is 19.8 Å². The molecule has 30 heavy (non-hydrogen) atoms. The molecule has 0 fully saturated rings. The van der Waals surface area contributed by atoms with Gasteiger partial charge in [-0.05, 0) is 42.5 Å². The molecule has 0 bridgehead atoms. The van der Waals surface area contributed by atoms with E-state index in [-0.39, 0.29) is 11.4 Å². The first-order valence-corrected chi connectivity index (χ1v) is 13.4. The lowest BCUT2D eigenvalue weighted by molar-refractivity contribution is 0.423. The molecule has 1 heterocycles. The van der Waals surface area contributed by atoms with E-state index in [1.165, 1.54) is 48.0 Å². The van der Waals surface area contributed by atoms with Gasteiger partial charge in [0.15, 0.2) is 0 Å². The van der Waals surface area contributed by atoms with Gasteiger partial charge in [-0.25, -0.2) is 25.9 Å². The SMILES string of the molecule is CN(CC(NS(C)(=O)=O)c1ccc(F)cc1)S(=O)(=O)c1csc2c1CCCC2N=O. The third-order valence-electron chi connectivity index (χ3n) is 4.98. The van der Waals surface area contributed by atoms with Crippen molar-refractivity contribution in [3.8, 4) is 0 Å². The number of thiophene rings is 1. The number of hydrogen-bond acceptors (Lipinski definition) is 7. The van der Waals surface area contributed by atoms with Gasteiger partial charge >= 0.3 is 0 Å². The Morgan fingerprint density at radius 2 is 1.93 bits per heavy atom. The first kappa shape index (κ1) is 22.9. The van der Waals surface area contributed by atoms with Crippen molar-refractivity contribution >= 4 is 31.4 Å². The Bertz CT molecular complexity index is 1130. The van der Waals surface area contributed by atoms with E-state index >= 15 is 0 Å². The minimum Gasteiger partial charge on any atom is -0.213 e. The number of fused-ring (bicyclic) bond motifs is 1. The molecule has 1 aromatic heterocycles. The van der Waals surface area contributed by atoms with Crippen LogP contribution < -0.4 is 4.72 Å². The van der Waals surface area contributed by atoms with E-state index < -0.39 is 37.9 Å². The second kappa shape index (κ2) is 8.79. The summed E-state index contributed by atoms with van der Waals surface area (Å²) in [4.78, 5) is 11.9. The number of nitrogens with zero attached hydrogens (tertiary/aromatic N) is 2. The molecule has 0 aliphatic heterocycles. The summed E-state index contributed by atoms with van der Waals surface area (Å²) in [7, 11) is -6.25. The van der Waals surface area contributed by atoms with E-state index in [0.29, 0.717) is 35.3 Å². The summed E-state index contributed by atoms with van der Waals surface area (Å²) in [6.45, 7) is -0.193. The summed E-state index contributed by atoms with van der Waals surface area (Å²) in [5.74, 6) is -0.485. The average molecular weight is 476 g/mol. The summed E-state index contributed by atoms with van der Waals surface area (Å²) in [5, 5.41) is 4.62. The minimum atomic E-state index is -3.94. The molecule has 0 saturated heterocycles. The summed E-state index contributed by atoms with van der Waals surface area (Å²) in [6.07, 6.45) is 2.77. The molecule has 1 aliphatic rings. The van der Waals surface area contributed by atoms with Crippen molar-refractivity contribution in [2.24, 2.45) is 5.18 Å². The molecule has 0 spiro atoms. The van der Waals surface area contributed by atoms with Crippen LogP contribution in [0.1, 0.15) is 40.9 Å². The highest BCUT2D eigenvalue weighted by Crippen LogP contribution is 2.41. The van der Waals surface area contributed by atoms with Crippen molar-refractivity contribution in [3.05, 3.63) is 56.4 Å². The predicted molar refractivity (Wildman–Crippen MR) is 113 cm³/mol. The topological polar surface area (TPSA) is 113 Å². The standard InChI is InChI=1S/C18H22FN3O5S3/c1-22(10-16(21-29(2,24)25)12-6-8-13(19)9-7-12)30(26,27)17-11-28-18-14(17)4-3-5-15(18)20-23/h6-9,11,15-16,21H,3-5,10H2,1-2H3. The molecule has 8 nitrogen and oxygen atoms in total. The molecule has 0 amide bonds.